The van der Waals surface area contributed by atoms with Crippen molar-refractivity contribution in [2.45, 2.75) is 20.8 Å². The number of carbonyl (C=O) groups excluding carboxylic acids is 3. The molecule has 0 radical (unpaired) electrons. The first-order valence-corrected chi connectivity index (χ1v) is 8.33. The smallest absolute Gasteiger partial charge is 0.325 e. The molecule has 7 heteroatoms. The Labute approximate surface area is 156 Å². The van der Waals surface area contributed by atoms with Crippen LogP contribution in [0.3, 0.4) is 0 Å². The second-order valence-corrected chi connectivity index (χ2v) is 6.18. The molecule has 0 atom stereocenters. The fraction of sp³-hybridized carbons (Fsp3) is 0.250. The first kappa shape index (κ1) is 20.1. The lowest BCUT2D eigenvalue weighted by Gasteiger charge is -2.13. The molecule has 0 aromatic heterocycles. The van der Waals surface area contributed by atoms with Gasteiger partial charge in [0, 0.05) is 11.3 Å². The Hall–Kier alpha value is -3.22. The summed E-state index contributed by atoms with van der Waals surface area (Å²) in [6.07, 6.45) is 0. The van der Waals surface area contributed by atoms with Crippen molar-refractivity contribution in [1.29, 1.82) is 0 Å². The standard InChI is InChI=1S/C20H21FN2O4/c1-12-7-13(2)19(14(3)8-12)23-17(24)11-27-18(25)10-22-20(26)15-5-4-6-16(21)9-15/h4-9H,10-11H2,1-3H3,(H,22,26)(H,23,24). The Morgan fingerprint density at radius 2 is 1.70 bits per heavy atom. The van der Waals surface area contributed by atoms with Crippen LogP contribution in [0.4, 0.5) is 10.1 Å². The average Bonchev–Trinajstić information content (AvgIpc) is 2.60. The first-order chi connectivity index (χ1) is 12.8. The molecule has 0 spiro atoms. The summed E-state index contributed by atoms with van der Waals surface area (Å²) in [5.41, 5.74) is 3.68. The van der Waals surface area contributed by atoms with Crippen LogP contribution in [0.1, 0.15) is 27.0 Å². The summed E-state index contributed by atoms with van der Waals surface area (Å²) in [7, 11) is 0. The molecule has 0 heterocycles. The highest BCUT2D eigenvalue weighted by atomic mass is 19.1. The summed E-state index contributed by atoms with van der Waals surface area (Å²) in [4.78, 5) is 35.5. The predicted octanol–water partition coefficient (Wildman–Crippen LogP) is 2.66. The van der Waals surface area contributed by atoms with Crippen molar-refractivity contribution in [1.82, 2.24) is 5.32 Å². The molecule has 2 aromatic rings. The minimum absolute atomic E-state index is 0.0888. The van der Waals surface area contributed by atoms with Gasteiger partial charge in [0.25, 0.3) is 11.8 Å². The molecule has 0 saturated heterocycles. The fourth-order valence-corrected chi connectivity index (χ4v) is 2.63. The number of nitrogens with one attached hydrogen (secondary N) is 2. The van der Waals surface area contributed by atoms with Gasteiger partial charge < -0.3 is 15.4 Å². The molecule has 0 aliphatic carbocycles. The normalized spacial score (nSPS) is 10.2. The van der Waals surface area contributed by atoms with Crippen molar-refractivity contribution in [2.75, 3.05) is 18.5 Å². The molecule has 2 rings (SSSR count). The Balaban J connectivity index is 1.80. The topological polar surface area (TPSA) is 84.5 Å². The van der Waals surface area contributed by atoms with Crippen molar-refractivity contribution in [2.24, 2.45) is 0 Å². The third-order valence-corrected chi connectivity index (χ3v) is 3.79. The maximum absolute atomic E-state index is 13.1. The zero-order valence-corrected chi connectivity index (χ0v) is 15.4. The maximum atomic E-state index is 13.1. The van der Waals surface area contributed by atoms with Crippen molar-refractivity contribution >= 4 is 23.5 Å². The highest BCUT2D eigenvalue weighted by Gasteiger charge is 2.13. The Morgan fingerprint density at radius 1 is 1.04 bits per heavy atom. The molecule has 0 fully saturated rings. The van der Waals surface area contributed by atoms with Crippen LogP contribution in [0.5, 0.6) is 0 Å². The molecular weight excluding hydrogens is 351 g/mol. The predicted molar refractivity (Wildman–Crippen MR) is 99.0 cm³/mol. The number of ether oxygens (including phenoxy) is 1. The molecular formula is C20H21FN2O4. The second kappa shape index (κ2) is 8.93. The van der Waals surface area contributed by atoms with E-state index in [1.807, 2.05) is 32.9 Å². The van der Waals surface area contributed by atoms with Crippen LogP contribution in [0.2, 0.25) is 0 Å². The number of amides is 2. The van der Waals surface area contributed by atoms with Gasteiger partial charge in [0.15, 0.2) is 6.61 Å². The van der Waals surface area contributed by atoms with Gasteiger partial charge in [-0.2, -0.15) is 0 Å². The van der Waals surface area contributed by atoms with Crippen molar-refractivity contribution in [3.8, 4) is 0 Å². The van der Waals surface area contributed by atoms with Gasteiger partial charge in [-0.25, -0.2) is 4.39 Å². The maximum Gasteiger partial charge on any atom is 0.325 e. The van der Waals surface area contributed by atoms with Gasteiger partial charge in [0.1, 0.15) is 12.4 Å². The number of halogens is 1. The van der Waals surface area contributed by atoms with Crippen LogP contribution in [0, 0.1) is 26.6 Å². The van der Waals surface area contributed by atoms with E-state index in [9.17, 15) is 18.8 Å². The molecule has 0 aliphatic heterocycles. The minimum atomic E-state index is -0.771. The quantitative estimate of drug-likeness (QED) is 0.764. The number of esters is 1. The van der Waals surface area contributed by atoms with Gasteiger partial charge in [-0.3, -0.25) is 14.4 Å². The first-order valence-electron chi connectivity index (χ1n) is 8.33. The summed E-state index contributed by atoms with van der Waals surface area (Å²) in [6, 6.07) is 8.96. The summed E-state index contributed by atoms with van der Waals surface area (Å²) < 4.78 is 17.9. The van der Waals surface area contributed by atoms with Crippen LogP contribution in [0.15, 0.2) is 36.4 Å². The lowest BCUT2D eigenvalue weighted by atomic mass is 10.1. The molecule has 2 N–H and O–H groups in total. The van der Waals surface area contributed by atoms with E-state index in [-0.39, 0.29) is 5.56 Å². The third kappa shape index (κ3) is 5.91. The highest BCUT2D eigenvalue weighted by Crippen LogP contribution is 2.21. The Bertz CT molecular complexity index is 857. The number of hydrogen-bond donors (Lipinski definition) is 2. The number of carbonyl (C=O) groups is 3. The number of rotatable bonds is 6. The van der Waals surface area contributed by atoms with E-state index in [0.717, 1.165) is 22.8 Å². The van der Waals surface area contributed by atoms with Crippen LogP contribution >= 0.6 is 0 Å². The van der Waals surface area contributed by atoms with E-state index in [0.29, 0.717) is 5.69 Å². The molecule has 6 nitrogen and oxygen atoms in total. The van der Waals surface area contributed by atoms with Crippen LogP contribution in [-0.4, -0.2) is 30.9 Å². The highest BCUT2D eigenvalue weighted by molar-refractivity contribution is 5.97. The van der Waals surface area contributed by atoms with E-state index >= 15 is 0 Å². The monoisotopic (exact) mass is 372 g/mol. The van der Waals surface area contributed by atoms with Gasteiger partial charge in [-0.15, -0.1) is 0 Å². The van der Waals surface area contributed by atoms with E-state index in [1.165, 1.54) is 18.2 Å². The average molecular weight is 372 g/mol. The third-order valence-electron chi connectivity index (χ3n) is 3.79. The van der Waals surface area contributed by atoms with Crippen molar-refractivity contribution < 1.29 is 23.5 Å². The summed E-state index contributed by atoms with van der Waals surface area (Å²) in [6.45, 7) is 4.82. The van der Waals surface area contributed by atoms with Gasteiger partial charge >= 0.3 is 5.97 Å². The molecule has 0 aliphatic rings. The van der Waals surface area contributed by atoms with Gasteiger partial charge in [0.2, 0.25) is 0 Å². The van der Waals surface area contributed by atoms with Crippen molar-refractivity contribution in [3.63, 3.8) is 0 Å². The minimum Gasteiger partial charge on any atom is -0.454 e. The van der Waals surface area contributed by atoms with Gasteiger partial charge in [0.05, 0.1) is 0 Å². The lowest BCUT2D eigenvalue weighted by molar-refractivity contribution is -0.146. The van der Waals surface area contributed by atoms with E-state index in [1.54, 1.807) is 0 Å². The number of benzene rings is 2. The molecule has 27 heavy (non-hydrogen) atoms. The molecule has 0 unspecified atom stereocenters. The largest absolute Gasteiger partial charge is 0.454 e. The zero-order chi connectivity index (χ0) is 20.0. The molecule has 2 aromatic carbocycles. The van der Waals surface area contributed by atoms with Gasteiger partial charge in [-0.05, 0) is 50.1 Å². The molecule has 142 valence electrons. The summed E-state index contributed by atoms with van der Waals surface area (Å²) in [5, 5.41) is 5.02. The SMILES string of the molecule is Cc1cc(C)c(NC(=O)COC(=O)CNC(=O)c2cccc(F)c2)c(C)c1. The lowest BCUT2D eigenvalue weighted by Crippen LogP contribution is -2.32. The molecule has 0 saturated carbocycles. The zero-order valence-electron chi connectivity index (χ0n) is 15.4. The van der Waals surface area contributed by atoms with E-state index < -0.39 is 36.8 Å². The van der Waals surface area contributed by atoms with E-state index in [4.69, 9.17) is 4.74 Å². The summed E-state index contributed by atoms with van der Waals surface area (Å²) in [5.74, 6) is -2.41. The van der Waals surface area contributed by atoms with Crippen molar-refractivity contribution in [3.05, 3.63) is 64.5 Å². The van der Waals surface area contributed by atoms with Crippen LogP contribution in [-0.2, 0) is 14.3 Å². The second-order valence-electron chi connectivity index (χ2n) is 6.18. The Morgan fingerprint density at radius 3 is 2.33 bits per heavy atom. The Kier molecular flexibility index (Phi) is 6.65. The molecule has 0 bridgehead atoms. The fourth-order valence-electron chi connectivity index (χ4n) is 2.63. The van der Waals surface area contributed by atoms with Crippen LogP contribution < -0.4 is 10.6 Å². The number of aryl methyl sites for hydroxylation is 3. The number of anilines is 1. The molecule has 2 amide bonds. The summed E-state index contributed by atoms with van der Waals surface area (Å²) >= 11 is 0. The van der Waals surface area contributed by atoms with Gasteiger partial charge in [-0.1, -0.05) is 23.8 Å². The van der Waals surface area contributed by atoms with E-state index in [2.05, 4.69) is 10.6 Å². The number of hydrogen-bond acceptors (Lipinski definition) is 4. The van der Waals surface area contributed by atoms with Crippen LogP contribution in [0.25, 0.3) is 0 Å².